The van der Waals surface area contributed by atoms with E-state index in [0.717, 1.165) is 25.8 Å². The Morgan fingerprint density at radius 2 is 2.19 bits per heavy atom. The SMILES string of the molecule is C=C(C(=O)C(C)(C)CC)N1CCC[C@H]1CN. The van der Waals surface area contributed by atoms with E-state index in [-0.39, 0.29) is 11.2 Å². The first-order valence-electron chi connectivity index (χ1n) is 6.14. The van der Waals surface area contributed by atoms with Crippen LogP contribution >= 0.6 is 0 Å². The predicted octanol–water partition coefficient (Wildman–Crippen LogP) is 1.93. The van der Waals surface area contributed by atoms with Crippen molar-refractivity contribution in [1.82, 2.24) is 4.90 Å². The van der Waals surface area contributed by atoms with Crippen LogP contribution in [0.2, 0.25) is 0 Å². The summed E-state index contributed by atoms with van der Waals surface area (Å²) in [5.74, 6) is 0.162. The van der Waals surface area contributed by atoms with E-state index >= 15 is 0 Å². The largest absolute Gasteiger partial charge is 0.365 e. The van der Waals surface area contributed by atoms with Crippen LogP contribution in [-0.4, -0.2) is 29.8 Å². The Morgan fingerprint density at radius 1 is 1.56 bits per heavy atom. The van der Waals surface area contributed by atoms with Gasteiger partial charge in [-0.15, -0.1) is 0 Å². The molecule has 1 aliphatic heterocycles. The molecule has 0 spiro atoms. The summed E-state index contributed by atoms with van der Waals surface area (Å²) in [7, 11) is 0. The summed E-state index contributed by atoms with van der Waals surface area (Å²) in [5, 5.41) is 0. The summed E-state index contributed by atoms with van der Waals surface area (Å²) in [6, 6.07) is 0.309. The molecule has 3 nitrogen and oxygen atoms in total. The Bertz CT molecular complexity index is 284. The van der Waals surface area contributed by atoms with Gasteiger partial charge in [-0.1, -0.05) is 27.4 Å². The second-order valence-corrected chi connectivity index (χ2v) is 5.24. The number of rotatable bonds is 5. The zero-order chi connectivity index (χ0) is 12.3. The third-order valence-corrected chi connectivity index (χ3v) is 3.76. The van der Waals surface area contributed by atoms with E-state index in [1.807, 2.05) is 20.8 Å². The fourth-order valence-electron chi connectivity index (χ4n) is 2.12. The van der Waals surface area contributed by atoms with E-state index < -0.39 is 0 Å². The van der Waals surface area contributed by atoms with Gasteiger partial charge in [-0.2, -0.15) is 0 Å². The zero-order valence-electron chi connectivity index (χ0n) is 10.8. The topological polar surface area (TPSA) is 46.3 Å². The lowest BCUT2D eigenvalue weighted by atomic mass is 9.83. The Kier molecular flexibility index (Phi) is 4.14. The number of allylic oxidation sites excluding steroid dienone is 1. The maximum Gasteiger partial charge on any atom is 0.183 e. The fraction of sp³-hybridized carbons (Fsp3) is 0.769. The molecule has 0 aromatic carbocycles. The predicted molar refractivity (Wildman–Crippen MR) is 67.0 cm³/mol. The zero-order valence-corrected chi connectivity index (χ0v) is 10.8. The van der Waals surface area contributed by atoms with Crippen LogP contribution < -0.4 is 5.73 Å². The highest BCUT2D eigenvalue weighted by Crippen LogP contribution is 2.29. The summed E-state index contributed by atoms with van der Waals surface area (Å²) in [6.45, 7) is 11.5. The van der Waals surface area contributed by atoms with Crippen molar-refractivity contribution in [2.45, 2.75) is 46.1 Å². The summed E-state index contributed by atoms with van der Waals surface area (Å²) in [4.78, 5) is 14.4. The van der Waals surface area contributed by atoms with Crippen molar-refractivity contribution in [2.75, 3.05) is 13.1 Å². The molecule has 3 heteroatoms. The van der Waals surface area contributed by atoms with Gasteiger partial charge in [0.1, 0.15) is 0 Å². The van der Waals surface area contributed by atoms with Crippen LogP contribution in [0.25, 0.3) is 0 Å². The molecule has 0 radical (unpaired) electrons. The van der Waals surface area contributed by atoms with Crippen LogP contribution in [0.3, 0.4) is 0 Å². The van der Waals surface area contributed by atoms with Crippen molar-refractivity contribution in [3.05, 3.63) is 12.3 Å². The van der Waals surface area contributed by atoms with E-state index in [1.165, 1.54) is 0 Å². The molecule has 0 unspecified atom stereocenters. The number of hydrogen-bond donors (Lipinski definition) is 1. The quantitative estimate of drug-likeness (QED) is 0.726. The highest BCUT2D eigenvalue weighted by Gasteiger charge is 2.33. The second kappa shape index (κ2) is 5.00. The lowest BCUT2D eigenvalue weighted by Crippen LogP contribution is -2.40. The lowest BCUT2D eigenvalue weighted by Gasteiger charge is -2.31. The molecule has 1 saturated heterocycles. The summed E-state index contributed by atoms with van der Waals surface area (Å²) >= 11 is 0. The van der Waals surface area contributed by atoms with E-state index in [0.29, 0.717) is 18.3 Å². The van der Waals surface area contributed by atoms with E-state index in [1.54, 1.807) is 0 Å². The maximum atomic E-state index is 12.3. The van der Waals surface area contributed by atoms with Gasteiger partial charge in [0.2, 0.25) is 0 Å². The first-order chi connectivity index (χ1) is 7.44. The summed E-state index contributed by atoms with van der Waals surface area (Å²) in [5.41, 5.74) is 6.06. The number of carbonyl (C=O) groups excluding carboxylic acids is 1. The van der Waals surface area contributed by atoms with Crippen LogP contribution in [0.4, 0.5) is 0 Å². The molecule has 1 fully saturated rings. The van der Waals surface area contributed by atoms with Gasteiger partial charge in [-0.05, 0) is 19.3 Å². The molecule has 1 atom stereocenters. The smallest absolute Gasteiger partial charge is 0.183 e. The van der Waals surface area contributed by atoms with Crippen LogP contribution in [0.5, 0.6) is 0 Å². The Labute approximate surface area is 98.7 Å². The normalized spacial score (nSPS) is 21.2. The molecule has 0 aromatic rings. The van der Waals surface area contributed by atoms with Crippen LogP contribution in [-0.2, 0) is 4.79 Å². The highest BCUT2D eigenvalue weighted by molar-refractivity contribution is 5.98. The number of carbonyl (C=O) groups is 1. The molecule has 2 N–H and O–H groups in total. The van der Waals surface area contributed by atoms with Crippen molar-refractivity contribution in [3.8, 4) is 0 Å². The third kappa shape index (κ3) is 2.46. The van der Waals surface area contributed by atoms with Crippen LogP contribution in [0, 0.1) is 5.41 Å². The molecular formula is C13H24N2O. The van der Waals surface area contributed by atoms with Gasteiger partial charge in [0.05, 0.1) is 5.70 Å². The van der Waals surface area contributed by atoms with Gasteiger partial charge < -0.3 is 10.6 Å². The van der Waals surface area contributed by atoms with Crippen molar-refractivity contribution in [3.63, 3.8) is 0 Å². The number of ketones is 1. The molecular weight excluding hydrogens is 200 g/mol. The van der Waals surface area contributed by atoms with E-state index in [2.05, 4.69) is 11.5 Å². The Hall–Kier alpha value is -0.830. The molecule has 0 bridgehead atoms. The number of hydrogen-bond acceptors (Lipinski definition) is 3. The minimum atomic E-state index is -0.307. The maximum absolute atomic E-state index is 12.3. The van der Waals surface area contributed by atoms with Crippen LogP contribution in [0.15, 0.2) is 12.3 Å². The standard InChI is InChI=1S/C13H24N2O/c1-5-13(3,4)12(16)10(2)15-8-6-7-11(15)9-14/h11H,2,5-9,14H2,1,3-4H3/t11-/m0/s1. The monoisotopic (exact) mass is 224 g/mol. The lowest BCUT2D eigenvalue weighted by molar-refractivity contribution is -0.125. The van der Waals surface area contributed by atoms with Gasteiger partial charge in [0.25, 0.3) is 0 Å². The highest BCUT2D eigenvalue weighted by atomic mass is 16.1. The van der Waals surface area contributed by atoms with Gasteiger partial charge in [0.15, 0.2) is 5.78 Å². The number of nitrogens with zero attached hydrogens (tertiary/aromatic N) is 1. The minimum absolute atomic E-state index is 0.162. The summed E-state index contributed by atoms with van der Waals surface area (Å²) < 4.78 is 0. The molecule has 1 rings (SSSR count). The van der Waals surface area contributed by atoms with Crippen molar-refractivity contribution < 1.29 is 4.79 Å². The summed E-state index contributed by atoms with van der Waals surface area (Å²) in [6.07, 6.45) is 3.03. The molecule has 0 aliphatic carbocycles. The van der Waals surface area contributed by atoms with Gasteiger partial charge in [0, 0.05) is 24.5 Å². The Morgan fingerprint density at radius 3 is 2.69 bits per heavy atom. The first kappa shape index (κ1) is 13.2. The Balaban J connectivity index is 2.74. The van der Waals surface area contributed by atoms with Crippen molar-refractivity contribution >= 4 is 5.78 Å². The third-order valence-electron chi connectivity index (χ3n) is 3.76. The number of nitrogens with two attached hydrogens (primary N) is 1. The molecule has 16 heavy (non-hydrogen) atoms. The number of likely N-dealkylation sites (tertiary alicyclic amines) is 1. The fourth-order valence-corrected chi connectivity index (χ4v) is 2.12. The van der Waals surface area contributed by atoms with E-state index in [9.17, 15) is 4.79 Å². The van der Waals surface area contributed by atoms with Gasteiger partial charge in [-0.25, -0.2) is 0 Å². The van der Waals surface area contributed by atoms with Gasteiger partial charge >= 0.3 is 0 Å². The molecule has 92 valence electrons. The molecule has 1 heterocycles. The van der Waals surface area contributed by atoms with Crippen molar-refractivity contribution in [2.24, 2.45) is 11.1 Å². The van der Waals surface area contributed by atoms with Crippen LogP contribution in [0.1, 0.15) is 40.0 Å². The average Bonchev–Trinajstić information content (AvgIpc) is 2.74. The molecule has 0 saturated carbocycles. The average molecular weight is 224 g/mol. The van der Waals surface area contributed by atoms with Gasteiger partial charge in [-0.3, -0.25) is 4.79 Å². The molecule has 0 aromatic heterocycles. The second-order valence-electron chi connectivity index (χ2n) is 5.24. The minimum Gasteiger partial charge on any atom is -0.365 e. The number of Topliss-reactive ketones (excluding diaryl/α,β-unsaturated/α-hetero) is 1. The molecule has 1 aliphatic rings. The van der Waals surface area contributed by atoms with Crippen molar-refractivity contribution in [1.29, 1.82) is 0 Å². The molecule has 0 amide bonds. The first-order valence-corrected chi connectivity index (χ1v) is 6.14. The van der Waals surface area contributed by atoms with E-state index in [4.69, 9.17) is 5.73 Å².